The average molecular weight is 232 g/mol. The maximum atomic E-state index is 3.65. The zero-order chi connectivity index (χ0) is 12.5. The van der Waals surface area contributed by atoms with E-state index in [0.29, 0.717) is 11.6 Å². The van der Waals surface area contributed by atoms with Gasteiger partial charge in [0.05, 0.1) is 0 Å². The smallest absolute Gasteiger partial charge is 0.0213 e. The lowest BCUT2D eigenvalue weighted by Gasteiger charge is -2.18. The third-order valence-corrected chi connectivity index (χ3v) is 3.66. The van der Waals surface area contributed by atoms with Crippen molar-refractivity contribution in [3.05, 3.63) is 34.9 Å². The standard InChI is InChI=1S/C15H24N2/c1-11-5-6-13(12(2)7-11)9-16-14-8-15(3,4)17-10-14/h5-7,14,16-17H,8-10H2,1-4H3. The molecular formula is C15H24N2. The van der Waals surface area contributed by atoms with E-state index in [1.165, 1.54) is 23.1 Å². The van der Waals surface area contributed by atoms with Crippen LogP contribution in [-0.2, 0) is 6.54 Å². The van der Waals surface area contributed by atoms with Gasteiger partial charge in [0, 0.05) is 24.7 Å². The van der Waals surface area contributed by atoms with Gasteiger partial charge in [-0.25, -0.2) is 0 Å². The summed E-state index contributed by atoms with van der Waals surface area (Å²) >= 11 is 0. The van der Waals surface area contributed by atoms with E-state index >= 15 is 0 Å². The second-order valence-electron chi connectivity index (χ2n) is 5.98. The lowest BCUT2D eigenvalue weighted by atomic mass is 10.0. The van der Waals surface area contributed by atoms with Gasteiger partial charge >= 0.3 is 0 Å². The molecular weight excluding hydrogens is 208 g/mol. The number of benzene rings is 1. The predicted octanol–water partition coefficient (Wildman–Crippen LogP) is 2.53. The van der Waals surface area contributed by atoms with Crippen LogP contribution < -0.4 is 10.6 Å². The molecule has 2 heteroatoms. The minimum atomic E-state index is 0.292. The summed E-state index contributed by atoms with van der Waals surface area (Å²) in [7, 11) is 0. The molecule has 1 heterocycles. The van der Waals surface area contributed by atoms with E-state index in [9.17, 15) is 0 Å². The molecule has 1 aliphatic heterocycles. The Bertz CT molecular complexity index is 396. The number of hydrogen-bond acceptors (Lipinski definition) is 2. The van der Waals surface area contributed by atoms with Gasteiger partial charge in [0.1, 0.15) is 0 Å². The SMILES string of the molecule is Cc1ccc(CNC2CNC(C)(C)C2)c(C)c1. The minimum absolute atomic E-state index is 0.292. The van der Waals surface area contributed by atoms with E-state index in [2.05, 4.69) is 56.5 Å². The van der Waals surface area contributed by atoms with Crippen LogP contribution >= 0.6 is 0 Å². The van der Waals surface area contributed by atoms with Gasteiger partial charge in [0.15, 0.2) is 0 Å². The van der Waals surface area contributed by atoms with Crippen molar-refractivity contribution < 1.29 is 0 Å². The highest BCUT2D eigenvalue weighted by atomic mass is 15.1. The van der Waals surface area contributed by atoms with Crippen LogP contribution in [0, 0.1) is 13.8 Å². The van der Waals surface area contributed by atoms with Gasteiger partial charge in [-0.2, -0.15) is 0 Å². The van der Waals surface area contributed by atoms with Gasteiger partial charge in [0.25, 0.3) is 0 Å². The molecule has 0 spiro atoms. The Balaban J connectivity index is 1.90. The minimum Gasteiger partial charge on any atom is -0.310 e. The van der Waals surface area contributed by atoms with E-state index in [-0.39, 0.29) is 0 Å². The molecule has 94 valence electrons. The van der Waals surface area contributed by atoms with Crippen molar-refractivity contribution in [1.29, 1.82) is 0 Å². The molecule has 17 heavy (non-hydrogen) atoms. The number of hydrogen-bond donors (Lipinski definition) is 2. The van der Waals surface area contributed by atoms with Gasteiger partial charge in [-0.1, -0.05) is 23.8 Å². The monoisotopic (exact) mass is 232 g/mol. The summed E-state index contributed by atoms with van der Waals surface area (Å²) in [5.41, 5.74) is 4.44. The highest BCUT2D eigenvalue weighted by molar-refractivity contribution is 5.30. The Labute approximate surface area is 105 Å². The highest BCUT2D eigenvalue weighted by Gasteiger charge is 2.29. The van der Waals surface area contributed by atoms with Crippen LogP contribution in [0.3, 0.4) is 0 Å². The quantitative estimate of drug-likeness (QED) is 0.837. The van der Waals surface area contributed by atoms with E-state index < -0.39 is 0 Å². The summed E-state index contributed by atoms with van der Waals surface area (Å²) in [5, 5.41) is 7.19. The van der Waals surface area contributed by atoms with Crippen molar-refractivity contribution in [3.8, 4) is 0 Å². The van der Waals surface area contributed by atoms with E-state index in [1.807, 2.05) is 0 Å². The molecule has 1 atom stereocenters. The molecule has 0 amide bonds. The summed E-state index contributed by atoms with van der Waals surface area (Å²) < 4.78 is 0. The van der Waals surface area contributed by atoms with Crippen molar-refractivity contribution in [2.45, 2.75) is 52.2 Å². The van der Waals surface area contributed by atoms with Gasteiger partial charge < -0.3 is 10.6 Å². The highest BCUT2D eigenvalue weighted by Crippen LogP contribution is 2.18. The Morgan fingerprint density at radius 1 is 1.35 bits per heavy atom. The second kappa shape index (κ2) is 4.79. The molecule has 0 saturated carbocycles. The van der Waals surface area contributed by atoms with Crippen LogP contribution in [-0.4, -0.2) is 18.1 Å². The topological polar surface area (TPSA) is 24.1 Å². The van der Waals surface area contributed by atoms with Crippen molar-refractivity contribution >= 4 is 0 Å². The van der Waals surface area contributed by atoms with Crippen LogP contribution in [0.5, 0.6) is 0 Å². The molecule has 0 radical (unpaired) electrons. The Morgan fingerprint density at radius 3 is 2.71 bits per heavy atom. The van der Waals surface area contributed by atoms with Gasteiger partial charge in [-0.3, -0.25) is 0 Å². The maximum Gasteiger partial charge on any atom is 0.0213 e. The normalized spacial score (nSPS) is 22.9. The predicted molar refractivity (Wildman–Crippen MR) is 73.2 cm³/mol. The van der Waals surface area contributed by atoms with Gasteiger partial charge in [-0.15, -0.1) is 0 Å². The lowest BCUT2D eigenvalue weighted by Crippen LogP contribution is -2.31. The second-order valence-corrected chi connectivity index (χ2v) is 5.98. The largest absolute Gasteiger partial charge is 0.310 e. The molecule has 1 aliphatic rings. The van der Waals surface area contributed by atoms with Gasteiger partial charge in [-0.05, 0) is 45.2 Å². The first-order valence-electron chi connectivity index (χ1n) is 6.51. The fourth-order valence-corrected chi connectivity index (χ4v) is 2.60. The molecule has 1 aromatic rings. The summed E-state index contributed by atoms with van der Waals surface area (Å²) in [6.45, 7) is 10.9. The third-order valence-electron chi connectivity index (χ3n) is 3.66. The molecule has 0 aliphatic carbocycles. The van der Waals surface area contributed by atoms with E-state index in [1.54, 1.807) is 0 Å². The van der Waals surface area contributed by atoms with Crippen molar-refractivity contribution in [3.63, 3.8) is 0 Å². The molecule has 2 rings (SSSR count). The lowest BCUT2D eigenvalue weighted by molar-refractivity contribution is 0.442. The van der Waals surface area contributed by atoms with Crippen molar-refractivity contribution in [2.75, 3.05) is 6.54 Å². The van der Waals surface area contributed by atoms with Crippen LogP contribution in [0.2, 0.25) is 0 Å². The number of rotatable bonds is 3. The van der Waals surface area contributed by atoms with E-state index in [4.69, 9.17) is 0 Å². The summed E-state index contributed by atoms with van der Waals surface area (Å²) in [5.74, 6) is 0. The fraction of sp³-hybridized carbons (Fsp3) is 0.600. The maximum absolute atomic E-state index is 3.65. The van der Waals surface area contributed by atoms with Crippen LogP contribution in [0.4, 0.5) is 0 Å². The average Bonchev–Trinajstić information content (AvgIpc) is 2.57. The van der Waals surface area contributed by atoms with Crippen molar-refractivity contribution in [2.24, 2.45) is 0 Å². The molecule has 2 nitrogen and oxygen atoms in total. The van der Waals surface area contributed by atoms with Crippen LogP contribution in [0.25, 0.3) is 0 Å². The number of aryl methyl sites for hydroxylation is 2. The summed E-state index contributed by atoms with van der Waals surface area (Å²) in [6.07, 6.45) is 1.21. The Kier molecular flexibility index (Phi) is 3.55. The number of nitrogens with one attached hydrogen (secondary N) is 2. The van der Waals surface area contributed by atoms with Crippen LogP contribution in [0.1, 0.15) is 37.0 Å². The molecule has 2 N–H and O–H groups in total. The molecule has 1 aromatic carbocycles. The first-order chi connectivity index (χ1) is 7.96. The molecule has 0 bridgehead atoms. The zero-order valence-electron chi connectivity index (χ0n) is 11.4. The molecule has 1 fully saturated rings. The third kappa shape index (κ3) is 3.30. The van der Waals surface area contributed by atoms with Crippen molar-refractivity contribution in [1.82, 2.24) is 10.6 Å². The molecule has 0 aromatic heterocycles. The van der Waals surface area contributed by atoms with E-state index in [0.717, 1.165) is 13.1 Å². The fourth-order valence-electron chi connectivity index (χ4n) is 2.60. The first kappa shape index (κ1) is 12.6. The summed E-state index contributed by atoms with van der Waals surface area (Å²) in [4.78, 5) is 0. The van der Waals surface area contributed by atoms with Crippen LogP contribution in [0.15, 0.2) is 18.2 Å². The Morgan fingerprint density at radius 2 is 2.12 bits per heavy atom. The first-order valence-corrected chi connectivity index (χ1v) is 6.51. The zero-order valence-corrected chi connectivity index (χ0v) is 11.4. The summed E-state index contributed by atoms with van der Waals surface area (Å²) in [6, 6.07) is 7.30. The molecule has 1 saturated heterocycles. The van der Waals surface area contributed by atoms with Gasteiger partial charge in [0.2, 0.25) is 0 Å². The Hall–Kier alpha value is -0.860. The molecule has 1 unspecified atom stereocenters.